The SMILES string of the molecule is C=C(C(=O)OC)C1C(C(=O)OC)=C(C)c2c(OC)cc(OC)cc21. The molecule has 0 N–H and O–H groups in total. The number of hydrogen-bond donors (Lipinski definition) is 0. The van der Waals surface area contributed by atoms with Gasteiger partial charge in [-0.1, -0.05) is 6.58 Å². The van der Waals surface area contributed by atoms with Crippen molar-refractivity contribution in [3.8, 4) is 11.5 Å². The molecule has 0 aliphatic heterocycles. The van der Waals surface area contributed by atoms with Crippen molar-refractivity contribution in [2.75, 3.05) is 28.4 Å². The maximum absolute atomic E-state index is 12.3. The molecule has 128 valence electrons. The van der Waals surface area contributed by atoms with E-state index in [1.807, 2.05) is 0 Å². The number of esters is 2. The Hall–Kier alpha value is -2.76. The van der Waals surface area contributed by atoms with Gasteiger partial charge in [0.15, 0.2) is 0 Å². The minimum atomic E-state index is -0.677. The Balaban J connectivity index is 2.76. The van der Waals surface area contributed by atoms with Crippen LogP contribution in [0.25, 0.3) is 5.57 Å². The molecular weight excluding hydrogens is 312 g/mol. The van der Waals surface area contributed by atoms with Gasteiger partial charge in [-0.15, -0.1) is 0 Å². The number of allylic oxidation sites excluding steroid dienone is 1. The van der Waals surface area contributed by atoms with Crippen molar-refractivity contribution in [1.82, 2.24) is 0 Å². The van der Waals surface area contributed by atoms with E-state index in [9.17, 15) is 9.59 Å². The van der Waals surface area contributed by atoms with Gasteiger partial charge in [-0.2, -0.15) is 0 Å². The number of methoxy groups -OCH3 is 4. The summed E-state index contributed by atoms with van der Waals surface area (Å²) in [4.78, 5) is 24.3. The Kier molecular flexibility index (Phi) is 4.97. The Bertz CT molecular complexity index is 744. The van der Waals surface area contributed by atoms with Crippen molar-refractivity contribution in [2.45, 2.75) is 12.8 Å². The maximum atomic E-state index is 12.3. The van der Waals surface area contributed by atoms with Gasteiger partial charge in [-0.3, -0.25) is 0 Å². The number of fused-ring (bicyclic) bond motifs is 1. The molecule has 1 atom stereocenters. The minimum absolute atomic E-state index is 0.145. The fraction of sp³-hybridized carbons (Fsp3) is 0.333. The van der Waals surface area contributed by atoms with Crippen LogP contribution in [0.5, 0.6) is 11.5 Å². The number of carbonyl (C=O) groups is 2. The third-order valence-corrected chi connectivity index (χ3v) is 4.14. The second-order valence-corrected chi connectivity index (χ2v) is 5.27. The number of carbonyl (C=O) groups excluding carboxylic acids is 2. The lowest BCUT2D eigenvalue weighted by molar-refractivity contribution is -0.136. The zero-order valence-corrected chi connectivity index (χ0v) is 14.4. The van der Waals surface area contributed by atoms with Crippen LogP contribution in [0, 0.1) is 0 Å². The first-order chi connectivity index (χ1) is 11.4. The molecule has 6 heteroatoms. The Morgan fingerprint density at radius 3 is 2.21 bits per heavy atom. The molecular formula is C18H20O6. The van der Waals surface area contributed by atoms with Crippen molar-refractivity contribution in [2.24, 2.45) is 0 Å². The van der Waals surface area contributed by atoms with E-state index in [1.165, 1.54) is 28.4 Å². The zero-order valence-electron chi connectivity index (χ0n) is 14.4. The predicted octanol–water partition coefficient (Wildman–Crippen LogP) is 2.48. The highest BCUT2D eigenvalue weighted by Crippen LogP contribution is 2.50. The first-order valence-corrected chi connectivity index (χ1v) is 7.23. The van der Waals surface area contributed by atoms with E-state index in [1.54, 1.807) is 19.1 Å². The van der Waals surface area contributed by atoms with Gasteiger partial charge >= 0.3 is 11.9 Å². The monoisotopic (exact) mass is 332 g/mol. The van der Waals surface area contributed by atoms with Crippen molar-refractivity contribution >= 4 is 17.5 Å². The lowest BCUT2D eigenvalue weighted by Gasteiger charge is -2.18. The third kappa shape index (κ3) is 2.64. The first-order valence-electron chi connectivity index (χ1n) is 7.23. The molecule has 0 heterocycles. The molecule has 0 aromatic heterocycles. The van der Waals surface area contributed by atoms with Crippen LogP contribution in [-0.2, 0) is 19.1 Å². The summed E-state index contributed by atoms with van der Waals surface area (Å²) in [5.74, 6) is -0.705. The van der Waals surface area contributed by atoms with Crippen LogP contribution in [0.15, 0.2) is 29.9 Å². The van der Waals surface area contributed by atoms with Crippen molar-refractivity contribution < 1.29 is 28.5 Å². The molecule has 6 nitrogen and oxygen atoms in total. The largest absolute Gasteiger partial charge is 0.497 e. The Morgan fingerprint density at radius 2 is 1.71 bits per heavy atom. The van der Waals surface area contributed by atoms with E-state index in [0.717, 1.165) is 5.56 Å². The van der Waals surface area contributed by atoms with Crippen molar-refractivity contribution in [3.05, 3.63) is 41.0 Å². The highest BCUT2D eigenvalue weighted by atomic mass is 16.5. The summed E-state index contributed by atoms with van der Waals surface area (Å²) in [7, 11) is 5.62. The lowest BCUT2D eigenvalue weighted by Crippen LogP contribution is -2.18. The van der Waals surface area contributed by atoms with Crippen molar-refractivity contribution in [1.29, 1.82) is 0 Å². The standard InChI is InChI=1S/C18H20O6/c1-9-14-12(7-11(21-3)8-13(14)22-4)15(10(2)17(19)23-5)16(9)18(20)24-6/h7-8,15H,2H2,1,3-6H3. The number of benzene rings is 1. The van der Waals surface area contributed by atoms with Crippen LogP contribution in [0.3, 0.4) is 0 Å². The summed E-state index contributed by atoms with van der Waals surface area (Å²) in [5.41, 5.74) is 2.58. The fourth-order valence-corrected chi connectivity index (χ4v) is 3.02. The van der Waals surface area contributed by atoms with E-state index >= 15 is 0 Å². The van der Waals surface area contributed by atoms with Crippen LogP contribution in [0.4, 0.5) is 0 Å². The smallest absolute Gasteiger partial charge is 0.335 e. The van der Waals surface area contributed by atoms with E-state index < -0.39 is 17.9 Å². The molecule has 0 saturated carbocycles. The van der Waals surface area contributed by atoms with E-state index in [2.05, 4.69) is 6.58 Å². The van der Waals surface area contributed by atoms with Gasteiger partial charge in [0.25, 0.3) is 0 Å². The highest BCUT2D eigenvalue weighted by molar-refractivity contribution is 6.07. The van der Waals surface area contributed by atoms with Crippen LogP contribution in [-0.4, -0.2) is 40.4 Å². The second kappa shape index (κ2) is 6.78. The zero-order chi connectivity index (χ0) is 18.0. The Labute approximate surface area is 140 Å². The maximum Gasteiger partial charge on any atom is 0.335 e. The molecule has 0 radical (unpaired) electrons. The van der Waals surface area contributed by atoms with Gasteiger partial charge < -0.3 is 18.9 Å². The summed E-state index contributed by atoms with van der Waals surface area (Å²) in [5, 5.41) is 0. The summed E-state index contributed by atoms with van der Waals surface area (Å²) in [6.07, 6.45) is 0. The fourth-order valence-electron chi connectivity index (χ4n) is 3.02. The highest BCUT2D eigenvalue weighted by Gasteiger charge is 2.40. The minimum Gasteiger partial charge on any atom is -0.497 e. The van der Waals surface area contributed by atoms with Crippen LogP contribution >= 0.6 is 0 Å². The van der Waals surface area contributed by atoms with E-state index in [0.29, 0.717) is 28.2 Å². The molecule has 1 aromatic carbocycles. The molecule has 1 aromatic rings. The van der Waals surface area contributed by atoms with Gasteiger partial charge in [0.05, 0.1) is 34.0 Å². The van der Waals surface area contributed by atoms with Gasteiger partial charge in [0, 0.05) is 23.1 Å². The average molecular weight is 332 g/mol. The molecule has 1 aliphatic rings. The van der Waals surface area contributed by atoms with E-state index in [-0.39, 0.29) is 5.57 Å². The van der Waals surface area contributed by atoms with E-state index in [4.69, 9.17) is 18.9 Å². The van der Waals surface area contributed by atoms with Crippen LogP contribution in [0.1, 0.15) is 24.0 Å². The third-order valence-electron chi connectivity index (χ3n) is 4.14. The molecule has 1 unspecified atom stereocenters. The summed E-state index contributed by atoms with van der Waals surface area (Å²) >= 11 is 0. The number of ether oxygens (including phenoxy) is 4. The van der Waals surface area contributed by atoms with Gasteiger partial charge in [0.1, 0.15) is 11.5 Å². The number of rotatable bonds is 5. The normalized spacial score (nSPS) is 15.6. The molecule has 0 amide bonds. The first kappa shape index (κ1) is 17.6. The van der Waals surface area contributed by atoms with Crippen LogP contribution in [0.2, 0.25) is 0 Å². The predicted molar refractivity (Wildman–Crippen MR) is 88.1 cm³/mol. The van der Waals surface area contributed by atoms with Gasteiger partial charge in [0.2, 0.25) is 0 Å². The lowest BCUT2D eigenvalue weighted by atomic mass is 9.88. The summed E-state index contributed by atoms with van der Waals surface area (Å²) in [6.45, 7) is 5.60. The summed E-state index contributed by atoms with van der Waals surface area (Å²) in [6, 6.07) is 3.48. The molecule has 0 saturated heterocycles. The molecule has 0 bridgehead atoms. The molecule has 0 fully saturated rings. The topological polar surface area (TPSA) is 71.1 Å². The van der Waals surface area contributed by atoms with Crippen molar-refractivity contribution in [3.63, 3.8) is 0 Å². The number of hydrogen-bond acceptors (Lipinski definition) is 6. The Morgan fingerprint density at radius 1 is 1.04 bits per heavy atom. The van der Waals surface area contributed by atoms with Gasteiger partial charge in [-0.05, 0) is 24.1 Å². The average Bonchev–Trinajstić information content (AvgIpc) is 2.91. The molecule has 1 aliphatic carbocycles. The molecule has 2 rings (SSSR count). The summed E-state index contributed by atoms with van der Waals surface area (Å²) < 4.78 is 20.4. The van der Waals surface area contributed by atoms with Gasteiger partial charge in [-0.25, -0.2) is 9.59 Å². The second-order valence-electron chi connectivity index (χ2n) is 5.27. The molecule has 0 spiro atoms. The quantitative estimate of drug-likeness (QED) is 0.609. The van der Waals surface area contributed by atoms with Crippen LogP contribution < -0.4 is 9.47 Å². The molecule has 24 heavy (non-hydrogen) atoms.